The number of fused-ring (bicyclic) bond motifs is 1. The van der Waals surface area contributed by atoms with E-state index in [1.54, 1.807) is 12.1 Å². The molecule has 3 nitrogen and oxygen atoms in total. The summed E-state index contributed by atoms with van der Waals surface area (Å²) >= 11 is 0. The van der Waals surface area contributed by atoms with Crippen LogP contribution in [0.5, 0.6) is 0 Å². The van der Waals surface area contributed by atoms with Gasteiger partial charge >= 0.3 is 0 Å². The fourth-order valence-corrected chi connectivity index (χ4v) is 3.98. The zero-order valence-corrected chi connectivity index (χ0v) is 15.0. The lowest BCUT2D eigenvalue weighted by Gasteiger charge is -2.32. The summed E-state index contributed by atoms with van der Waals surface area (Å²) in [4.78, 5) is 17.8. The van der Waals surface area contributed by atoms with E-state index in [0.717, 1.165) is 48.0 Å². The van der Waals surface area contributed by atoms with E-state index in [1.165, 1.54) is 11.6 Å². The minimum Gasteiger partial charge on any atom is -0.361 e. The molecule has 2 aromatic carbocycles. The Bertz CT molecular complexity index is 938. The van der Waals surface area contributed by atoms with Crippen LogP contribution in [-0.2, 0) is 11.2 Å². The fraction of sp³-hybridized carbons (Fsp3) is 0.318. The number of aromatic amines is 1. The molecule has 26 heavy (non-hydrogen) atoms. The maximum atomic E-state index is 13.6. The number of aryl methyl sites for hydroxylation is 1. The second-order valence-corrected chi connectivity index (χ2v) is 7.19. The van der Waals surface area contributed by atoms with E-state index in [1.807, 2.05) is 42.3 Å². The molecule has 1 aliphatic heterocycles. The number of nitrogens with one attached hydrogen (secondary N) is 1. The highest BCUT2D eigenvalue weighted by Gasteiger charge is 2.25. The molecular formula is C22H23FN2O. The van der Waals surface area contributed by atoms with Gasteiger partial charge in [-0.15, -0.1) is 0 Å². The molecule has 0 spiro atoms. The van der Waals surface area contributed by atoms with E-state index in [9.17, 15) is 9.18 Å². The summed E-state index contributed by atoms with van der Waals surface area (Å²) in [5.41, 5.74) is 4.41. The van der Waals surface area contributed by atoms with Crippen molar-refractivity contribution >= 4 is 16.8 Å². The first-order chi connectivity index (χ1) is 12.6. The maximum Gasteiger partial charge on any atom is 0.226 e. The molecule has 1 N–H and O–H groups in total. The second-order valence-electron chi connectivity index (χ2n) is 7.19. The van der Waals surface area contributed by atoms with Crippen LogP contribution in [0.1, 0.15) is 35.4 Å². The Morgan fingerprint density at radius 3 is 2.73 bits per heavy atom. The van der Waals surface area contributed by atoms with Crippen molar-refractivity contribution in [3.05, 3.63) is 71.2 Å². The Morgan fingerprint density at radius 1 is 1.19 bits per heavy atom. The first-order valence-corrected chi connectivity index (χ1v) is 9.20. The van der Waals surface area contributed by atoms with Crippen LogP contribution in [0.25, 0.3) is 10.9 Å². The van der Waals surface area contributed by atoms with Crippen molar-refractivity contribution in [3.63, 3.8) is 0 Å². The van der Waals surface area contributed by atoms with E-state index in [0.29, 0.717) is 12.3 Å². The largest absolute Gasteiger partial charge is 0.361 e. The highest BCUT2D eigenvalue weighted by atomic mass is 19.1. The van der Waals surface area contributed by atoms with Gasteiger partial charge in [-0.05, 0) is 60.6 Å². The zero-order valence-electron chi connectivity index (χ0n) is 15.0. The molecule has 0 bridgehead atoms. The van der Waals surface area contributed by atoms with Gasteiger partial charge in [0, 0.05) is 30.2 Å². The van der Waals surface area contributed by atoms with Crippen molar-refractivity contribution in [2.45, 2.75) is 32.1 Å². The van der Waals surface area contributed by atoms with Crippen LogP contribution >= 0.6 is 0 Å². The quantitative estimate of drug-likeness (QED) is 0.738. The van der Waals surface area contributed by atoms with E-state index in [2.05, 4.69) is 4.98 Å². The van der Waals surface area contributed by atoms with Gasteiger partial charge in [-0.2, -0.15) is 0 Å². The average molecular weight is 350 g/mol. The Morgan fingerprint density at radius 2 is 1.96 bits per heavy atom. The van der Waals surface area contributed by atoms with Crippen molar-refractivity contribution in [2.24, 2.45) is 0 Å². The maximum absolute atomic E-state index is 13.6. The topological polar surface area (TPSA) is 36.1 Å². The van der Waals surface area contributed by atoms with E-state index < -0.39 is 0 Å². The van der Waals surface area contributed by atoms with Gasteiger partial charge in [0.15, 0.2) is 0 Å². The van der Waals surface area contributed by atoms with E-state index >= 15 is 0 Å². The van der Waals surface area contributed by atoms with Crippen molar-refractivity contribution in [2.75, 3.05) is 13.1 Å². The van der Waals surface area contributed by atoms with Gasteiger partial charge < -0.3 is 9.88 Å². The molecule has 0 unspecified atom stereocenters. The summed E-state index contributed by atoms with van der Waals surface area (Å²) < 4.78 is 13.6. The van der Waals surface area contributed by atoms with Gasteiger partial charge in [0.1, 0.15) is 5.82 Å². The summed E-state index contributed by atoms with van der Waals surface area (Å²) in [6.07, 6.45) is 4.31. The van der Waals surface area contributed by atoms with Crippen LogP contribution in [0.3, 0.4) is 0 Å². The predicted molar refractivity (Wildman–Crippen MR) is 102 cm³/mol. The average Bonchev–Trinajstić information content (AvgIpc) is 3.06. The number of nitrogens with zero attached hydrogens (tertiary/aromatic N) is 1. The van der Waals surface area contributed by atoms with E-state index in [-0.39, 0.29) is 11.7 Å². The van der Waals surface area contributed by atoms with Gasteiger partial charge in [-0.1, -0.05) is 24.3 Å². The molecule has 4 heteroatoms. The number of piperidine rings is 1. The molecule has 1 aliphatic rings. The number of rotatable bonds is 3. The molecule has 3 aromatic rings. The number of carbonyl (C=O) groups is 1. The van der Waals surface area contributed by atoms with Crippen LogP contribution in [0, 0.1) is 12.7 Å². The Labute approximate surface area is 152 Å². The fourth-order valence-electron chi connectivity index (χ4n) is 3.98. The van der Waals surface area contributed by atoms with Gasteiger partial charge in [0.2, 0.25) is 5.91 Å². The van der Waals surface area contributed by atoms with Crippen LogP contribution in [0.15, 0.2) is 48.7 Å². The number of benzene rings is 2. The summed E-state index contributed by atoms with van der Waals surface area (Å²) in [6.45, 7) is 3.57. The highest BCUT2D eigenvalue weighted by Crippen LogP contribution is 2.33. The van der Waals surface area contributed by atoms with Crippen LogP contribution in [-0.4, -0.2) is 28.9 Å². The molecular weight excluding hydrogens is 327 g/mol. The number of amides is 1. The SMILES string of the molecule is Cc1ccccc1CC(=O)N1CCC(c2c[nH]c3ccc(F)cc23)CC1. The number of halogens is 1. The molecule has 0 aliphatic carbocycles. The molecule has 0 radical (unpaired) electrons. The molecule has 1 fully saturated rings. The minimum absolute atomic E-state index is 0.197. The van der Waals surface area contributed by atoms with Gasteiger partial charge in [0.05, 0.1) is 6.42 Å². The third-order valence-corrected chi connectivity index (χ3v) is 5.57. The number of hydrogen-bond donors (Lipinski definition) is 1. The number of hydrogen-bond acceptors (Lipinski definition) is 1. The normalized spacial score (nSPS) is 15.5. The van der Waals surface area contributed by atoms with Crippen LogP contribution < -0.4 is 0 Å². The molecule has 1 aromatic heterocycles. The first-order valence-electron chi connectivity index (χ1n) is 9.20. The van der Waals surface area contributed by atoms with Crippen molar-refractivity contribution < 1.29 is 9.18 Å². The first kappa shape index (κ1) is 16.8. The number of aromatic nitrogens is 1. The Kier molecular flexibility index (Phi) is 4.49. The molecule has 4 rings (SSSR count). The van der Waals surface area contributed by atoms with Crippen LogP contribution in [0.4, 0.5) is 4.39 Å². The predicted octanol–water partition coefficient (Wildman–Crippen LogP) is 4.56. The monoisotopic (exact) mass is 350 g/mol. The van der Waals surface area contributed by atoms with Crippen molar-refractivity contribution in [1.82, 2.24) is 9.88 Å². The summed E-state index contributed by atoms with van der Waals surface area (Å²) in [5.74, 6) is 0.361. The van der Waals surface area contributed by atoms with E-state index in [4.69, 9.17) is 0 Å². The molecule has 0 atom stereocenters. The minimum atomic E-state index is -0.204. The number of likely N-dealkylation sites (tertiary alicyclic amines) is 1. The summed E-state index contributed by atoms with van der Waals surface area (Å²) in [6, 6.07) is 12.9. The lowest BCUT2D eigenvalue weighted by Crippen LogP contribution is -2.38. The number of carbonyl (C=O) groups excluding carboxylic acids is 1. The molecule has 1 amide bonds. The van der Waals surface area contributed by atoms with Crippen LogP contribution in [0.2, 0.25) is 0 Å². The summed E-state index contributed by atoms with van der Waals surface area (Å²) in [7, 11) is 0. The molecule has 2 heterocycles. The smallest absolute Gasteiger partial charge is 0.226 e. The standard InChI is InChI=1S/C22H23FN2O/c1-15-4-2-3-5-17(15)12-22(26)25-10-8-16(9-11-25)20-14-24-21-7-6-18(23)13-19(20)21/h2-7,13-14,16,24H,8-12H2,1H3. The lowest BCUT2D eigenvalue weighted by atomic mass is 9.89. The lowest BCUT2D eigenvalue weighted by molar-refractivity contribution is -0.131. The van der Waals surface area contributed by atoms with Crippen molar-refractivity contribution in [3.8, 4) is 0 Å². The van der Waals surface area contributed by atoms with Gasteiger partial charge in [-0.25, -0.2) is 4.39 Å². The third kappa shape index (κ3) is 3.24. The third-order valence-electron chi connectivity index (χ3n) is 5.57. The van der Waals surface area contributed by atoms with Crippen molar-refractivity contribution in [1.29, 1.82) is 0 Å². The van der Waals surface area contributed by atoms with Gasteiger partial charge in [0.25, 0.3) is 0 Å². The number of H-pyrrole nitrogens is 1. The van der Waals surface area contributed by atoms with Gasteiger partial charge in [-0.3, -0.25) is 4.79 Å². The molecule has 134 valence electrons. The second kappa shape index (κ2) is 6.94. The summed E-state index contributed by atoms with van der Waals surface area (Å²) in [5, 5.41) is 0.967. The zero-order chi connectivity index (χ0) is 18.1. The Balaban J connectivity index is 1.43. The Hall–Kier alpha value is -2.62. The molecule has 0 saturated carbocycles. The molecule has 1 saturated heterocycles. The highest BCUT2D eigenvalue weighted by molar-refractivity contribution is 5.84.